The Morgan fingerprint density at radius 2 is 2.00 bits per heavy atom. The van der Waals surface area contributed by atoms with Crippen molar-refractivity contribution in [1.82, 2.24) is 5.32 Å². The molecule has 0 aliphatic heterocycles. The summed E-state index contributed by atoms with van der Waals surface area (Å²) < 4.78 is 0. The SMILES string of the molecule is CNC(=CC1CCCCC1)C(N)=O. The minimum atomic E-state index is -0.354. The molecule has 1 fully saturated rings. The second-order valence-electron chi connectivity index (χ2n) is 3.59. The van der Waals surface area contributed by atoms with E-state index in [9.17, 15) is 4.79 Å². The highest BCUT2D eigenvalue weighted by Crippen LogP contribution is 2.25. The van der Waals surface area contributed by atoms with Gasteiger partial charge in [-0.3, -0.25) is 4.79 Å². The first-order valence-electron chi connectivity index (χ1n) is 4.93. The van der Waals surface area contributed by atoms with Crippen LogP contribution >= 0.6 is 0 Å². The van der Waals surface area contributed by atoms with Crippen molar-refractivity contribution in [1.29, 1.82) is 0 Å². The monoisotopic (exact) mass is 182 g/mol. The number of carbonyl (C=O) groups is 1. The second-order valence-corrected chi connectivity index (χ2v) is 3.59. The Balaban J connectivity index is 2.54. The topological polar surface area (TPSA) is 55.1 Å². The molecule has 1 amide bonds. The van der Waals surface area contributed by atoms with Crippen LogP contribution in [0.3, 0.4) is 0 Å². The number of carbonyl (C=O) groups excluding carboxylic acids is 1. The van der Waals surface area contributed by atoms with Crippen molar-refractivity contribution in [2.24, 2.45) is 11.7 Å². The van der Waals surface area contributed by atoms with E-state index in [4.69, 9.17) is 5.73 Å². The number of rotatable bonds is 3. The average molecular weight is 182 g/mol. The van der Waals surface area contributed by atoms with Crippen LogP contribution in [0.25, 0.3) is 0 Å². The van der Waals surface area contributed by atoms with Crippen molar-refractivity contribution < 1.29 is 4.79 Å². The van der Waals surface area contributed by atoms with Crippen molar-refractivity contribution in [2.75, 3.05) is 7.05 Å². The summed E-state index contributed by atoms with van der Waals surface area (Å²) in [6, 6.07) is 0. The first kappa shape index (κ1) is 10.1. The van der Waals surface area contributed by atoms with E-state index >= 15 is 0 Å². The third kappa shape index (κ3) is 3.09. The van der Waals surface area contributed by atoms with Crippen LogP contribution in [0.15, 0.2) is 11.8 Å². The highest BCUT2D eigenvalue weighted by atomic mass is 16.1. The van der Waals surface area contributed by atoms with Crippen LogP contribution in [-0.4, -0.2) is 13.0 Å². The summed E-state index contributed by atoms with van der Waals surface area (Å²) in [6.45, 7) is 0. The molecule has 74 valence electrons. The summed E-state index contributed by atoms with van der Waals surface area (Å²) in [5.41, 5.74) is 5.76. The zero-order valence-electron chi connectivity index (χ0n) is 8.18. The molecule has 0 unspecified atom stereocenters. The van der Waals surface area contributed by atoms with Gasteiger partial charge in [0.25, 0.3) is 5.91 Å². The Labute approximate surface area is 79.4 Å². The predicted molar refractivity (Wildman–Crippen MR) is 52.9 cm³/mol. The fourth-order valence-corrected chi connectivity index (χ4v) is 1.83. The Bertz CT molecular complexity index is 205. The minimum absolute atomic E-state index is 0.354. The van der Waals surface area contributed by atoms with Gasteiger partial charge in [0.05, 0.1) is 5.70 Å². The van der Waals surface area contributed by atoms with Gasteiger partial charge in [0.1, 0.15) is 0 Å². The molecule has 1 rings (SSSR count). The lowest BCUT2D eigenvalue weighted by Crippen LogP contribution is -2.24. The molecular formula is C10H18N2O. The zero-order valence-corrected chi connectivity index (χ0v) is 8.18. The highest BCUT2D eigenvalue weighted by Gasteiger charge is 2.13. The Kier molecular flexibility index (Phi) is 3.80. The molecular weight excluding hydrogens is 164 g/mol. The maximum absolute atomic E-state index is 10.9. The van der Waals surface area contributed by atoms with Gasteiger partial charge in [-0.1, -0.05) is 25.3 Å². The van der Waals surface area contributed by atoms with Gasteiger partial charge in [0.15, 0.2) is 0 Å². The van der Waals surface area contributed by atoms with Crippen LogP contribution in [0, 0.1) is 5.92 Å². The molecule has 1 saturated carbocycles. The first-order valence-corrected chi connectivity index (χ1v) is 4.93. The summed E-state index contributed by atoms with van der Waals surface area (Å²) >= 11 is 0. The van der Waals surface area contributed by atoms with Gasteiger partial charge in [-0.25, -0.2) is 0 Å². The number of allylic oxidation sites excluding steroid dienone is 1. The Morgan fingerprint density at radius 3 is 2.46 bits per heavy atom. The molecule has 0 aromatic rings. The van der Waals surface area contributed by atoms with Crippen molar-refractivity contribution in [3.63, 3.8) is 0 Å². The predicted octanol–water partition coefficient (Wildman–Crippen LogP) is 1.16. The largest absolute Gasteiger partial charge is 0.384 e. The fourth-order valence-electron chi connectivity index (χ4n) is 1.83. The molecule has 0 bridgehead atoms. The molecule has 13 heavy (non-hydrogen) atoms. The summed E-state index contributed by atoms with van der Waals surface area (Å²) in [6.07, 6.45) is 8.25. The lowest BCUT2D eigenvalue weighted by atomic mass is 9.88. The van der Waals surface area contributed by atoms with Crippen molar-refractivity contribution >= 4 is 5.91 Å². The quantitative estimate of drug-likeness (QED) is 0.643. The van der Waals surface area contributed by atoms with Gasteiger partial charge in [-0.2, -0.15) is 0 Å². The third-order valence-corrected chi connectivity index (χ3v) is 2.59. The van der Waals surface area contributed by atoms with Gasteiger partial charge >= 0.3 is 0 Å². The summed E-state index contributed by atoms with van der Waals surface area (Å²) in [5.74, 6) is 0.191. The lowest BCUT2D eigenvalue weighted by Gasteiger charge is -2.18. The lowest BCUT2D eigenvalue weighted by molar-refractivity contribution is -0.114. The molecule has 0 atom stereocenters. The first-order chi connectivity index (χ1) is 6.24. The molecule has 3 nitrogen and oxygen atoms in total. The number of amides is 1. The maximum Gasteiger partial charge on any atom is 0.264 e. The number of hydrogen-bond donors (Lipinski definition) is 2. The van der Waals surface area contributed by atoms with E-state index < -0.39 is 0 Å². The fraction of sp³-hybridized carbons (Fsp3) is 0.700. The molecule has 0 saturated heterocycles. The van der Waals surface area contributed by atoms with E-state index in [-0.39, 0.29) is 5.91 Å². The van der Waals surface area contributed by atoms with E-state index in [1.807, 2.05) is 6.08 Å². The number of primary amides is 1. The van der Waals surface area contributed by atoms with Crippen molar-refractivity contribution in [2.45, 2.75) is 32.1 Å². The summed E-state index contributed by atoms with van der Waals surface area (Å²) in [4.78, 5) is 10.9. The molecule has 1 aliphatic carbocycles. The van der Waals surface area contributed by atoms with Crippen LogP contribution in [0.5, 0.6) is 0 Å². The highest BCUT2D eigenvalue weighted by molar-refractivity contribution is 5.91. The number of hydrogen-bond acceptors (Lipinski definition) is 2. The molecule has 3 N–H and O–H groups in total. The van der Waals surface area contributed by atoms with Gasteiger partial charge < -0.3 is 11.1 Å². The van der Waals surface area contributed by atoms with E-state index in [1.54, 1.807) is 7.05 Å². The van der Waals surface area contributed by atoms with Gasteiger partial charge in [-0.05, 0) is 18.8 Å². The number of likely N-dealkylation sites (N-methyl/N-ethyl adjacent to an activating group) is 1. The van der Waals surface area contributed by atoms with Crippen LogP contribution in [0.2, 0.25) is 0 Å². The van der Waals surface area contributed by atoms with Gasteiger partial charge in [0, 0.05) is 7.05 Å². The van der Waals surface area contributed by atoms with Crippen LogP contribution in [0.1, 0.15) is 32.1 Å². The van der Waals surface area contributed by atoms with E-state index in [1.165, 1.54) is 32.1 Å². The van der Waals surface area contributed by atoms with Crippen LogP contribution < -0.4 is 11.1 Å². The minimum Gasteiger partial charge on any atom is -0.384 e. The van der Waals surface area contributed by atoms with E-state index in [0.29, 0.717) is 11.6 Å². The van der Waals surface area contributed by atoms with Crippen molar-refractivity contribution in [3.05, 3.63) is 11.8 Å². The van der Waals surface area contributed by atoms with Crippen molar-refractivity contribution in [3.8, 4) is 0 Å². The molecule has 0 heterocycles. The average Bonchev–Trinajstić information content (AvgIpc) is 2.15. The number of nitrogens with one attached hydrogen (secondary N) is 1. The zero-order chi connectivity index (χ0) is 9.68. The molecule has 0 spiro atoms. The molecule has 3 heteroatoms. The molecule has 1 aliphatic rings. The van der Waals surface area contributed by atoms with Gasteiger partial charge in [-0.15, -0.1) is 0 Å². The standard InChI is InChI=1S/C10H18N2O/c1-12-9(10(11)13)7-8-5-3-2-4-6-8/h7-8,12H,2-6H2,1H3,(H2,11,13). The second kappa shape index (κ2) is 4.90. The van der Waals surface area contributed by atoms with E-state index in [2.05, 4.69) is 5.32 Å². The smallest absolute Gasteiger partial charge is 0.264 e. The normalized spacial score (nSPS) is 19.9. The van der Waals surface area contributed by atoms with Gasteiger partial charge in [0.2, 0.25) is 0 Å². The Morgan fingerprint density at radius 1 is 1.38 bits per heavy atom. The van der Waals surface area contributed by atoms with Crippen LogP contribution in [-0.2, 0) is 4.79 Å². The number of nitrogens with two attached hydrogens (primary N) is 1. The van der Waals surface area contributed by atoms with Crippen LogP contribution in [0.4, 0.5) is 0 Å². The third-order valence-electron chi connectivity index (χ3n) is 2.59. The molecule has 0 aromatic carbocycles. The summed E-state index contributed by atoms with van der Waals surface area (Å²) in [7, 11) is 1.74. The maximum atomic E-state index is 10.9. The summed E-state index contributed by atoms with van der Waals surface area (Å²) in [5, 5.41) is 2.84. The molecule has 0 radical (unpaired) electrons. The Hall–Kier alpha value is -0.990. The van der Waals surface area contributed by atoms with E-state index in [0.717, 1.165) is 0 Å². The molecule has 0 aromatic heterocycles.